The molecule has 2 aliphatic rings. The molecule has 0 spiro atoms. The Labute approximate surface area is 200 Å². The Kier molecular flexibility index (Phi) is 7.97. The van der Waals surface area contributed by atoms with Gasteiger partial charge in [0.2, 0.25) is 5.88 Å². The Morgan fingerprint density at radius 1 is 1.12 bits per heavy atom. The highest BCUT2D eigenvalue weighted by atomic mass is 16.7. The number of ether oxygens (including phenoxy) is 5. The zero-order valence-corrected chi connectivity index (χ0v) is 20.1. The molecule has 0 radical (unpaired) electrons. The molecule has 0 unspecified atom stereocenters. The lowest BCUT2D eigenvalue weighted by atomic mass is 9.78. The molecule has 2 aromatic rings. The zero-order valence-electron chi connectivity index (χ0n) is 20.1. The predicted molar refractivity (Wildman–Crippen MR) is 123 cm³/mol. The van der Waals surface area contributed by atoms with Gasteiger partial charge in [-0.05, 0) is 30.9 Å². The smallest absolute Gasteiger partial charge is 0.259 e. The van der Waals surface area contributed by atoms with E-state index in [0.29, 0.717) is 18.2 Å². The summed E-state index contributed by atoms with van der Waals surface area (Å²) in [7, 11) is 3.07. The molecular weight excluding hydrogens is 438 g/mol. The van der Waals surface area contributed by atoms with Gasteiger partial charge in [0, 0.05) is 50.9 Å². The molecule has 4 rings (SSSR count). The Morgan fingerprint density at radius 3 is 2.68 bits per heavy atom. The number of β-lactam (4-membered cyclic amide) rings is 1. The van der Waals surface area contributed by atoms with Gasteiger partial charge in [0.25, 0.3) is 5.91 Å². The summed E-state index contributed by atoms with van der Waals surface area (Å²) in [5.41, 5.74) is 0.540. The molecule has 184 valence electrons. The second-order valence-corrected chi connectivity index (χ2v) is 8.87. The van der Waals surface area contributed by atoms with Gasteiger partial charge in [-0.3, -0.25) is 9.78 Å². The van der Waals surface area contributed by atoms with Crippen molar-refractivity contribution in [3.63, 3.8) is 0 Å². The number of hydrogen-bond acceptors (Lipinski definition) is 8. The Morgan fingerprint density at radius 2 is 1.97 bits per heavy atom. The summed E-state index contributed by atoms with van der Waals surface area (Å²) in [5, 5.41) is 0. The summed E-state index contributed by atoms with van der Waals surface area (Å²) >= 11 is 0. The Balaban J connectivity index is 1.51. The maximum Gasteiger partial charge on any atom is 0.259 e. The van der Waals surface area contributed by atoms with Crippen LogP contribution in [-0.2, 0) is 25.4 Å². The average Bonchev–Trinajstić information content (AvgIpc) is 3.67. The number of amides is 1. The molecule has 2 fully saturated rings. The lowest BCUT2D eigenvalue weighted by Crippen LogP contribution is -2.77. The van der Waals surface area contributed by atoms with Crippen molar-refractivity contribution in [3.05, 3.63) is 47.9 Å². The summed E-state index contributed by atoms with van der Waals surface area (Å²) in [5.74, 6) is 1.82. The minimum atomic E-state index is -1.20. The molecule has 9 heteroatoms. The van der Waals surface area contributed by atoms with Crippen LogP contribution in [0.4, 0.5) is 0 Å². The number of carbonyl (C=O) groups is 1. The van der Waals surface area contributed by atoms with Gasteiger partial charge in [-0.2, -0.15) is 0 Å². The third-order valence-electron chi connectivity index (χ3n) is 6.24. The molecule has 9 nitrogen and oxygen atoms in total. The fourth-order valence-electron chi connectivity index (χ4n) is 4.16. The highest BCUT2D eigenvalue weighted by Crippen LogP contribution is 2.38. The van der Waals surface area contributed by atoms with Crippen LogP contribution in [0.1, 0.15) is 30.5 Å². The second kappa shape index (κ2) is 11.1. The van der Waals surface area contributed by atoms with Crippen LogP contribution < -0.4 is 9.47 Å². The molecule has 34 heavy (non-hydrogen) atoms. The van der Waals surface area contributed by atoms with Crippen molar-refractivity contribution in [2.75, 3.05) is 41.0 Å². The van der Waals surface area contributed by atoms with E-state index in [4.69, 9.17) is 23.7 Å². The van der Waals surface area contributed by atoms with Crippen LogP contribution in [0, 0.1) is 12.8 Å². The molecule has 0 N–H and O–H groups in total. The van der Waals surface area contributed by atoms with Gasteiger partial charge in [-0.1, -0.05) is 18.9 Å². The predicted octanol–water partition coefficient (Wildman–Crippen LogP) is 2.76. The van der Waals surface area contributed by atoms with Gasteiger partial charge in [0.15, 0.2) is 5.60 Å². The number of hydrogen-bond donors (Lipinski definition) is 0. The minimum Gasteiger partial charge on any atom is -0.493 e. The highest BCUT2D eigenvalue weighted by molar-refractivity contribution is 5.93. The van der Waals surface area contributed by atoms with Gasteiger partial charge in [-0.15, -0.1) is 0 Å². The van der Waals surface area contributed by atoms with Crippen molar-refractivity contribution in [2.45, 2.75) is 44.2 Å². The number of aromatic nitrogens is 2. The first-order valence-corrected chi connectivity index (χ1v) is 11.6. The van der Waals surface area contributed by atoms with E-state index >= 15 is 0 Å². The van der Waals surface area contributed by atoms with E-state index in [0.717, 1.165) is 23.7 Å². The molecule has 1 amide bonds. The molecule has 1 saturated carbocycles. The van der Waals surface area contributed by atoms with Crippen LogP contribution in [0.5, 0.6) is 11.6 Å². The van der Waals surface area contributed by atoms with E-state index in [1.165, 1.54) is 20.0 Å². The SMILES string of the molecule is COCO[C@@]1(Cc2cc(OCCC3CC3)ccn2)C(=O)N(COC)[C@H]1COc1ccc(C)cn1. The quantitative estimate of drug-likeness (QED) is 0.307. The molecule has 1 saturated heterocycles. The van der Waals surface area contributed by atoms with E-state index in [1.807, 2.05) is 25.1 Å². The molecule has 0 bridgehead atoms. The third-order valence-corrected chi connectivity index (χ3v) is 6.24. The van der Waals surface area contributed by atoms with E-state index < -0.39 is 11.6 Å². The summed E-state index contributed by atoms with van der Waals surface area (Å²) in [6.07, 6.45) is 7.35. The summed E-state index contributed by atoms with van der Waals surface area (Å²) in [6.45, 7) is 2.92. The van der Waals surface area contributed by atoms with Crippen molar-refractivity contribution >= 4 is 5.91 Å². The number of rotatable bonds is 14. The molecule has 2 aromatic heterocycles. The summed E-state index contributed by atoms with van der Waals surface area (Å²) in [6, 6.07) is 7.02. The van der Waals surface area contributed by atoms with Crippen LogP contribution in [0.15, 0.2) is 36.7 Å². The number of methoxy groups -OCH3 is 2. The molecule has 2 atom stereocenters. The number of aryl methyl sites for hydroxylation is 1. The molecule has 3 heterocycles. The van der Waals surface area contributed by atoms with Gasteiger partial charge in [0.1, 0.15) is 31.9 Å². The summed E-state index contributed by atoms with van der Waals surface area (Å²) in [4.78, 5) is 23.7. The van der Waals surface area contributed by atoms with Gasteiger partial charge in [-0.25, -0.2) is 4.98 Å². The Hall–Kier alpha value is -2.75. The van der Waals surface area contributed by atoms with E-state index in [2.05, 4.69) is 9.97 Å². The summed E-state index contributed by atoms with van der Waals surface area (Å²) < 4.78 is 28.3. The zero-order chi connectivity index (χ0) is 24.0. The van der Waals surface area contributed by atoms with E-state index in [9.17, 15) is 4.79 Å². The van der Waals surface area contributed by atoms with Crippen LogP contribution in [0.3, 0.4) is 0 Å². The molecule has 0 aromatic carbocycles. The Bertz CT molecular complexity index is 952. The average molecular weight is 472 g/mol. The first-order valence-electron chi connectivity index (χ1n) is 11.6. The minimum absolute atomic E-state index is 0.0383. The highest BCUT2D eigenvalue weighted by Gasteiger charge is 2.62. The number of pyridine rings is 2. The number of likely N-dealkylation sites (tertiary alicyclic amines) is 1. The molecule has 1 aliphatic heterocycles. The standard InChI is InChI=1S/C25H33N3O6/c1-18-4-7-23(27-14-18)33-15-22-25(34-17-31-3,24(29)28(22)16-30-2)13-20-12-21(8-10-26-20)32-11-9-19-5-6-19/h4,7-8,10,12,14,19,22H,5-6,9,11,13,15-17H2,1-3H3/t22-,25+/m0/s1. The molecular formula is C25H33N3O6. The topological polar surface area (TPSA) is 92.2 Å². The van der Waals surface area contributed by atoms with Crippen molar-refractivity contribution in [1.82, 2.24) is 14.9 Å². The van der Waals surface area contributed by atoms with Crippen LogP contribution >= 0.6 is 0 Å². The fourth-order valence-corrected chi connectivity index (χ4v) is 4.16. The number of carbonyl (C=O) groups excluding carboxylic acids is 1. The first kappa shape index (κ1) is 24.4. The second-order valence-electron chi connectivity index (χ2n) is 8.87. The van der Waals surface area contributed by atoms with Crippen LogP contribution in [0.2, 0.25) is 0 Å². The van der Waals surface area contributed by atoms with Gasteiger partial charge >= 0.3 is 0 Å². The van der Waals surface area contributed by atoms with E-state index in [-0.39, 0.29) is 32.5 Å². The fraction of sp³-hybridized carbons (Fsp3) is 0.560. The van der Waals surface area contributed by atoms with Crippen molar-refractivity contribution < 1.29 is 28.5 Å². The third kappa shape index (κ3) is 5.65. The van der Waals surface area contributed by atoms with E-state index in [1.54, 1.807) is 30.5 Å². The largest absolute Gasteiger partial charge is 0.493 e. The monoisotopic (exact) mass is 471 g/mol. The maximum absolute atomic E-state index is 13.3. The van der Waals surface area contributed by atoms with Crippen LogP contribution in [0.25, 0.3) is 0 Å². The van der Waals surface area contributed by atoms with Crippen molar-refractivity contribution in [1.29, 1.82) is 0 Å². The molecule has 1 aliphatic carbocycles. The van der Waals surface area contributed by atoms with Crippen LogP contribution in [-0.4, -0.2) is 73.4 Å². The number of nitrogens with zero attached hydrogens (tertiary/aromatic N) is 3. The lowest BCUT2D eigenvalue weighted by Gasteiger charge is -2.54. The first-order chi connectivity index (χ1) is 16.6. The normalized spacial score (nSPS) is 21.9. The van der Waals surface area contributed by atoms with Gasteiger partial charge in [0.05, 0.1) is 6.61 Å². The van der Waals surface area contributed by atoms with Crippen molar-refractivity contribution in [2.24, 2.45) is 5.92 Å². The van der Waals surface area contributed by atoms with Gasteiger partial charge < -0.3 is 28.6 Å². The maximum atomic E-state index is 13.3. The lowest BCUT2D eigenvalue weighted by molar-refractivity contribution is -0.236. The van der Waals surface area contributed by atoms with Crippen molar-refractivity contribution in [3.8, 4) is 11.6 Å².